The van der Waals surface area contributed by atoms with E-state index in [1.54, 1.807) is 0 Å². The number of hydrogen-bond donors (Lipinski definition) is 0. The maximum atomic E-state index is 5.63. The summed E-state index contributed by atoms with van der Waals surface area (Å²) in [5.74, 6) is 1.21. The molecule has 2 aliphatic rings. The topological polar surface area (TPSA) is 18.5 Å². The molecule has 2 atom stereocenters. The zero-order valence-electron chi connectivity index (χ0n) is 6.46. The zero-order valence-corrected chi connectivity index (χ0v) is 7.22. The van der Waals surface area contributed by atoms with Crippen molar-refractivity contribution in [2.75, 3.05) is 12.5 Å². The predicted molar refractivity (Wildman–Crippen MR) is 42.7 cm³/mol. The second kappa shape index (κ2) is 3.30. The van der Waals surface area contributed by atoms with Crippen LogP contribution in [0.1, 0.15) is 19.3 Å². The quantitative estimate of drug-likeness (QED) is 0.597. The summed E-state index contributed by atoms with van der Waals surface area (Å²) >= 11 is 5.63. The van der Waals surface area contributed by atoms with Crippen LogP contribution in [0.15, 0.2) is 0 Å². The van der Waals surface area contributed by atoms with E-state index in [2.05, 4.69) is 0 Å². The van der Waals surface area contributed by atoms with Crippen LogP contribution in [-0.4, -0.2) is 24.9 Å². The van der Waals surface area contributed by atoms with Gasteiger partial charge in [0, 0.05) is 5.92 Å². The number of rotatable bonds is 2. The first kappa shape index (κ1) is 7.84. The SMILES string of the molecule is ClCC1COC(C2CCC2)O1. The Morgan fingerprint density at radius 3 is 2.64 bits per heavy atom. The third-order valence-electron chi connectivity index (χ3n) is 2.48. The van der Waals surface area contributed by atoms with Crippen LogP contribution in [0, 0.1) is 5.92 Å². The summed E-state index contributed by atoms with van der Waals surface area (Å²) in [6.07, 6.45) is 4.06. The molecule has 0 aromatic rings. The molecule has 0 aromatic carbocycles. The van der Waals surface area contributed by atoms with Gasteiger partial charge in [-0.3, -0.25) is 0 Å². The molecule has 1 heterocycles. The highest BCUT2D eigenvalue weighted by molar-refractivity contribution is 6.18. The second-order valence-electron chi connectivity index (χ2n) is 3.31. The molecule has 2 rings (SSSR count). The molecule has 1 saturated carbocycles. The zero-order chi connectivity index (χ0) is 7.68. The lowest BCUT2D eigenvalue weighted by atomic mass is 9.85. The van der Waals surface area contributed by atoms with Crippen molar-refractivity contribution >= 4 is 11.6 Å². The van der Waals surface area contributed by atoms with Gasteiger partial charge < -0.3 is 9.47 Å². The summed E-state index contributed by atoms with van der Waals surface area (Å²) in [7, 11) is 0. The van der Waals surface area contributed by atoms with Gasteiger partial charge in [-0.15, -0.1) is 11.6 Å². The van der Waals surface area contributed by atoms with E-state index in [0.717, 1.165) is 0 Å². The lowest BCUT2D eigenvalue weighted by Crippen LogP contribution is -2.28. The van der Waals surface area contributed by atoms with Gasteiger partial charge in [-0.2, -0.15) is 0 Å². The minimum atomic E-state index is 0.0625. The van der Waals surface area contributed by atoms with Gasteiger partial charge in [0.2, 0.25) is 0 Å². The highest BCUT2D eigenvalue weighted by atomic mass is 35.5. The third kappa shape index (κ3) is 1.53. The molecule has 0 bridgehead atoms. The Labute approximate surface area is 71.8 Å². The Bertz CT molecular complexity index is 136. The van der Waals surface area contributed by atoms with Crippen molar-refractivity contribution in [1.82, 2.24) is 0 Å². The molecule has 0 aromatic heterocycles. The van der Waals surface area contributed by atoms with Crippen LogP contribution in [-0.2, 0) is 9.47 Å². The van der Waals surface area contributed by atoms with Crippen molar-refractivity contribution in [3.05, 3.63) is 0 Å². The van der Waals surface area contributed by atoms with Crippen molar-refractivity contribution in [3.8, 4) is 0 Å². The molecule has 2 unspecified atom stereocenters. The fraction of sp³-hybridized carbons (Fsp3) is 1.00. The lowest BCUT2D eigenvalue weighted by molar-refractivity contribution is -0.114. The molecule has 1 aliphatic carbocycles. The third-order valence-corrected chi connectivity index (χ3v) is 2.82. The van der Waals surface area contributed by atoms with E-state index >= 15 is 0 Å². The van der Waals surface area contributed by atoms with Gasteiger partial charge in [0.05, 0.1) is 18.6 Å². The fourth-order valence-corrected chi connectivity index (χ4v) is 1.67. The van der Waals surface area contributed by atoms with Crippen molar-refractivity contribution in [3.63, 3.8) is 0 Å². The van der Waals surface area contributed by atoms with Gasteiger partial charge in [0.25, 0.3) is 0 Å². The van der Waals surface area contributed by atoms with E-state index in [-0.39, 0.29) is 12.4 Å². The van der Waals surface area contributed by atoms with E-state index in [4.69, 9.17) is 21.1 Å². The minimum absolute atomic E-state index is 0.0625. The number of halogens is 1. The maximum absolute atomic E-state index is 5.63. The Morgan fingerprint density at radius 2 is 2.18 bits per heavy atom. The highest BCUT2D eigenvalue weighted by Crippen LogP contribution is 2.34. The maximum Gasteiger partial charge on any atom is 0.161 e. The van der Waals surface area contributed by atoms with E-state index in [0.29, 0.717) is 18.4 Å². The van der Waals surface area contributed by atoms with E-state index in [1.807, 2.05) is 0 Å². The highest BCUT2D eigenvalue weighted by Gasteiger charge is 2.35. The summed E-state index contributed by atoms with van der Waals surface area (Å²) < 4.78 is 11.0. The molecule has 1 aliphatic heterocycles. The van der Waals surface area contributed by atoms with Crippen LogP contribution in [0.5, 0.6) is 0 Å². The fourth-order valence-electron chi connectivity index (χ4n) is 1.51. The molecule has 3 heteroatoms. The average Bonchev–Trinajstić information content (AvgIpc) is 2.32. The predicted octanol–water partition coefficient (Wildman–Crippen LogP) is 1.77. The van der Waals surface area contributed by atoms with Crippen LogP contribution in [0.3, 0.4) is 0 Å². The molecule has 0 spiro atoms. The first-order valence-corrected chi connectivity index (χ1v) is 4.76. The van der Waals surface area contributed by atoms with E-state index in [1.165, 1.54) is 19.3 Å². The Hall–Kier alpha value is 0.210. The van der Waals surface area contributed by atoms with Crippen LogP contribution in [0.4, 0.5) is 0 Å². The first-order chi connectivity index (χ1) is 5.40. The normalized spacial score (nSPS) is 39.0. The molecule has 11 heavy (non-hydrogen) atoms. The first-order valence-electron chi connectivity index (χ1n) is 4.23. The summed E-state index contributed by atoms with van der Waals surface area (Å²) in [6.45, 7) is 0.685. The van der Waals surface area contributed by atoms with Gasteiger partial charge >= 0.3 is 0 Å². The second-order valence-corrected chi connectivity index (χ2v) is 3.61. The van der Waals surface area contributed by atoms with Crippen molar-refractivity contribution < 1.29 is 9.47 Å². The van der Waals surface area contributed by atoms with Crippen molar-refractivity contribution in [2.45, 2.75) is 31.7 Å². The van der Waals surface area contributed by atoms with Gasteiger partial charge in [-0.1, -0.05) is 6.42 Å². The molecule has 0 amide bonds. The number of alkyl halides is 1. The molecule has 64 valence electrons. The Kier molecular flexibility index (Phi) is 2.35. The molecule has 2 nitrogen and oxygen atoms in total. The molecule has 0 radical (unpaired) electrons. The van der Waals surface area contributed by atoms with E-state index < -0.39 is 0 Å². The van der Waals surface area contributed by atoms with Crippen molar-refractivity contribution in [2.24, 2.45) is 5.92 Å². The summed E-state index contributed by atoms with van der Waals surface area (Å²) in [5, 5.41) is 0. The Morgan fingerprint density at radius 1 is 1.36 bits per heavy atom. The van der Waals surface area contributed by atoms with Gasteiger partial charge in [0.1, 0.15) is 0 Å². The molecule has 1 saturated heterocycles. The van der Waals surface area contributed by atoms with E-state index in [9.17, 15) is 0 Å². The van der Waals surface area contributed by atoms with Crippen LogP contribution in [0.25, 0.3) is 0 Å². The van der Waals surface area contributed by atoms with Gasteiger partial charge in [-0.25, -0.2) is 0 Å². The smallest absolute Gasteiger partial charge is 0.161 e. The van der Waals surface area contributed by atoms with Crippen LogP contribution < -0.4 is 0 Å². The number of ether oxygens (including phenoxy) is 2. The molecule has 0 N–H and O–H groups in total. The molecular weight excluding hydrogens is 164 g/mol. The molecular formula is C8H13ClO2. The molecule has 2 fully saturated rings. The summed E-state index contributed by atoms with van der Waals surface area (Å²) in [4.78, 5) is 0. The van der Waals surface area contributed by atoms with Crippen molar-refractivity contribution in [1.29, 1.82) is 0 Å². The van der Waals surface area contributed by atoms with Gasteiger partial charge in [0.15, 0.2) is 6.29 Å². The van der Waals surface area contributed by atoms with Gasteiger partial charge in [-0.05, 0) is 12.8 Å². The largest absolute Gasteiger partial charge is 0.350 e. The average molecular weight is 177 g/mol. The lowest BCUT2D eigenvalue weighted by Gasteiger charge is -2.29. The minimum Gasteiger partial charge on any atom is -0.350 e. The van der Waals surface area contributed by atoms with Crippen LogP contribution in [0.2, 0.25) is 0 Å². The van der Waals surface area contributed by atoms with Crippen LogP contribution >= 0.6 is 11.6 Å². The standard InChI is InChI=1S/C8H13ClO2/c9-4-7-5-10-8(11-7)6-2-1-3-6/h6-8H,1-5H2. The summed E-state index contributed by atoms with van der Waals surface area (Å²) in [5.41, 5.74) is 0. The summed E-state index contributed by atoms with van der Waals surface area (Å²) in [6, 6.07) is 0. The Balaban J connectivity index is 1.79. The monoisotopic (exact) mass is 176 g/mol. The number of hydrogen-bond acceptors (Lipinski definition) is 2.